The molecule has 1 amide bonds. The number of ether oxygens (including phenoxy) is 1. The molecular weight excluding hydrogens is 420 g/mol. The van der Waals surface area contributed by atoms with Crippen LogP contribution < -0.4 is 20.3 Å². The molecule has 2 aromatic rings. The Labute approximate surface area is 180 Å². The predicted molar refractivity (Wildman–Crippen MR) is 116 cm³/mol. The normalized spacial score (nSPS) is 15.3. The van der Waals surface area contributed by atoms with Gasteiger partial charge in [0.05, 0.1) is 11.4 Å². The molecular formula is C20H24N6O4S. The van der Waals surface area contributed by atoms with E-state index in [-0.39, 0.29) is 24.2 Å². The monoisotopic (exact) mass is 444 g/mol. The van der Waals surface area contributed by atoms with Crippen molar-refractivity contribution in [2.45, 2.75) is 19.9 Å². The van der Waals surface area contributed by atoms with E-state index in [0.717, 1.165) is 17.8 Å². The molecule has 31 heavy (non-hydrogen) atoms. The van der Waals surface area contributed by atoms with Gasteiger partial charge in [0.1, 0.15) is 40.0 Å². The summed E-state index contributed by atoms with van der Waals surface area (Å²) in [5, 5.41) is 10.3. The van der Waals surface area contributed by atoms with E-state index in [2.05, 4.69) is 20.7 Å². The predicted octanol–water partition coefficient (Wildman–Crippen LogP) is 1.28. The van der Waals surface area contributed by atoms with E-state index in [1.807, 2.05) is 35.7 Å². The smallest absolute Gasteiger partial charge is 0.251 e. The van der Waals surface area contributed by atoms with Gasteiger partial charge in [-0.15, -0.1) is 0 Å². The highest BCUT2D eigenvalue weighted by atomic mass is 32.2. The molecule has 164 valence electrons. The molecule has 0 saturated carbocycles. The molecule has 1 aromatic carbocycles. The summed E-state index contributed by atoms with van der Waals surface area (Å²) in [7, 11) is -3.15. The van der Waals surface area contributed by atoms with Gasteiger partial charge in [-0.25, -0.2) is 18.1 Å². The van der Waals surface area contributed by atoms with Crippen LogP contribution in [0.25, 0.3) is 5.70 Å². The number of carbonyl (C=O) groups excluding carboxylic acids is 1. The number of fused-ring (bicyclic) bond motifs is 3. The molecule has 0 spiro atoms. The van der Waals surface area contributed by atoms with E-state index < -0.39 is 9.84 Å². The molecule has 4 rings (SSSR count). The molecule has 0 unspecified atom stereocenters. The van der Waals surface area contributed by atoms with Crippen molar-refractivity contribution in [2.75, 3.05) is 30.1 Å². The van der Waals surface area contributed by atoms with Crippen LogP contribution >= 0.6 is 0 Å². The van der Waals surface area contributed by atoms with Crippen LogP contribution in [0.2, 0.25) is 0 Å². The zero-order valence-corrected chi connectivity index (χ0v) is 18.3. The Bertz CT molecular complexity index is 1180. The zero-order valence-electron chi connectivity index (χ0n) is 17.5. The summed E-state index contributed by atoms with van der Waals surface area (Å²) in [6.07, 6.45) is 6.46. The van der Waals surface area contributed by atoms with Crippen LogP contribution in [0, 0.1) is 0 Å². The Balaban J connectivity index is 1.62. The first kappa shape index (κ1) is 20.9. The lowest BCUT2D eigenvalue weighted by molar-refractivity contribution is 0.0956. The molecule has 3 heterocycles. The van der Waals surface area contributed by atoms with Crippen LogP contribution in [0.3, 0.4) is 0 Å². The summed E-state index contributed by atoms with van der Waals surface area (Å²) in [5.74, 6) is 1.67. The summed E-state index contributed by atoms with van der Waals surface area (Å²) in [4.78, 5) is 18.8. The minimum atomic E-state index is -3.15. The molecule has 2 N–H and O–H groups in total. The van der Waals surface area contributed by atoms with Crippen LogP contribution in [0.5, 0.6) is 5.75 Å². The lowest BCUT2D eigenvalue weighted by Crippen LogP contribution is -2.29. The van der Waals surface area contributed by atoms with Gasteiger partial charge in [-0.3, -0.25) is 9.69 Å². The van der Waals surface area contributed by atoms with E-state index in [0.29, 0.717) is 29.4 Å². The number of amides is 1. The van der Waals surface area contributed by atoms with Crippen LogP contribution in [0.4, 0.5) is 5.69 Å². The summed E-state index contributed by atoms with van der Waals surface area (Å²) < 4.78 is 30.2. The molecule has 2 aliphatic rings. The van der Waals surface area contributed by atoms with Crippen molar-refractivity contribution in [3.05, 3.63) is 54.0 Å². The van der Waals surface area contributed by atoms with Crippen molar-refractivity contribution < 1.29 is 17.9 Å². The standard InChI is InChI=1S/C20H24N6O4S/c1-13(2)26-19(22-12-23-26)15-11-25-16-10-14(20(27)21-7-9-31(3,28)29)4-5-17(16)30-8-6-18(25)24-15/h4-6,10-13,24H,7-9H2,1-3H3,(H,21,27). The molecule has 10 nitrogen and oxygen atoms in total. The van der Waals surface area contributed by atoms with Crippen LogP contribution in [-0.4, -0.2) is 54.2 Å². The van der Waals surface area contributed by atoms with Gasteiger partial charge in [-0.1, -0.05) is 0 Å². The topological polar surface area (TPSA) is 118 Å². The maximum absolute atomic E-state index is 12.5. The highest BCUT2D eigenvalue weighted by molar-refractivity contribution is 7.90. The quantitative estimate of drug-likeness (QED) is 0.684. The van der Waals surface area contributed by atoms with E-state index in [4.69, 9.17) is 4.74 Å². The molecule has 0 atom stereocenters. The molecule has 0 fully saturated rings. The molecule has 11 heteroatoms. The Hall–Kier alpha value is -3.34. The fourth-order valence-electron chi connectivity index (χ4n) is 3.34. The molecule has 0 aliphatic carbocycles. The summed E-state index contributed by atoms with van der Waals surface area (Å²) in [5.41, 5.74) is 1.88. The maximum Gasteiger partial charge on any atom is 0.251 e. The van der Waals surface area contributed by atoms with Gasteiger partial charge in [0, 0.05) is 30.6 Å². The SMILES string of the molecule is CC(C)n1ncnc1C1=CN2C(=CCOc3ccc(C(=O)NCCS(C)(=O)=O)cc32)N1. The number of hydrogen-bond acceptors (Lipinski definition) is 8. The van der Waals surface area contributed by atoms with E-state index in [9.17, 15) is 13.2 Å². The van der Waals surface area contributed by atoms with Gasteiger partial charge < -0.3 is 15.4 Å². The number of nitrogens with one attached hydrogen (secondary N) is 2. The molecule has 0 saturated heterocycles. The number of sulfone groups is 1. The molecule has 2 aliphatic heterocycles. The number of carbonyl (C=O) groups is 1. The third-order valence-electron chi connectivity index (χ3n) is 4.84. The van der Waals surface area contributed by atoms with Gasteiger partial charge in [0.25, 0.3) is 5.91 Å². The van der Waals surface area contributed by atoms with Crippen molar-refractivity contribution >= 4 is 27.1 Å². The first-order chi connectivity index (χ1) is 14.7. The second kappa shape index (κ2) is 8.06. The Morgan fingerprint density at radius 2 is 2.16 bits per heavy atom. The Kier molecular flexibility index (Phi) is 5.44. The van der Waals surface area contributed by atoms with Gasteiger partial charge in [-0.05, 0) is 38.1 Å². The highest BCUT2D eigenvalue weighted by Gasteiger charge is 2.28. The second-order valence-corrected chi connectivity index (χ2v) is 9.89. The van der Waals surface area contributed by atoms with E-state index in [1.54, 1.807) is 18.2 Å². The Morgan fingerprint density at radius 3 is 2.90 bits per heavy atom. The Morgan fingerprint density at radius 1 is 1.35 bits per heavy atom. The summed E-state index contributed by atoms with van der Waals surface area (Å²) in [6.45, 7) is 4.48. The third-order valence-corrected chi connectivity index (χ3v) is 5.78. The second-order valence-electron chi connectivity index (χ2n) is 7.63. The number of hydrogen-bond donors (Lipinski definition) is 2. The zero-order chi connectivity index (χ0) is 22.2. The summed E-state index contributed by atoms with van der Waals surface area (Å²) >= 11 is 0. The number of benzene rings is 1. The average Bonchev–Trinajstić information content (AvgIpc) is 3.31. The third kappa shape index (κ3) is 4.41. The van der Waals surface area contributed by atoms with Gasteiger partial charge in [0.2, 0.25) is 0 Å². The van der Waals surface area contributed by atoms with E-state index in [1.165, 1.54) is 6.33 Å². The average molecular weight is 445 g/mol. The minimum absolute atomic E-state index is 0.0522. The number of nitrogens with zero attached hydrogens (tertiary/aromatic N) is 4. The first-order valence-electron chi connectivity index (χ1n) is 9.84. The fraction of sp³-hybridized carbons (Fsp3) is 0.350. The number of anilines is 1. The highest BCUT2D eigenvalue weighted by Crippen LogP contribution is 2.37. The van der Waals surface area contributed by atoms with Gasteiger partial charge in [0.15, 0.2) is 5.82 Å². The molecule has 1 aromatic heterocycles. The van der Waals surface area contributed by atoms with Gasteiger partial charge >= 0.3 is 0 Å². The van der Waals surface area contributed by atoms with Crippen molar-refractivity contribution in [3.8, 4) is 5.75 Å². The van der Waals surface area contributed by atoms with E-state index >= 15 is 0 Å². The van der Waals surface area contributed by atoms with Crippen molar-refractivity contribution in [1.82, 2.24) is 25.4 Å². The largest absolute Gasteiger partial charge is 0.487 e. The lowest BCUT2D eigenvalue weighted by Gasteiger charge is -2.18. The molecule has 0 bridgehead atoms. The first-order valence-corrected chi connectivity index (χ1v) is 11.9. The fourth-order valence-corrected chi connectivity index (χ4v) is 3.82. The van der Waals surface area contributed by atoms with Crippen molar-refractivity contribution in [3.63, 3.8) is 0 Å². The van der Waals surface area contributed by atoms with Crippen molar-refractivity contribution in [2.24, 2.45) is 0 Å². The number of aromatic nitrogens is 3. The lowest BCUT2D eigenvalue weighted by atomic mass is 10.1. The summed E-state index contributed by atoms with van der Waals surface area (Å²) in [6, 6.07) is 5.26. The van der Waals surface area contributed by atoms with Crippen LogP contribution in [-0.2, 0) is 9.84 Å². The molecule has 0 radical (unpaired) electrons. The van der Waals surface area contributed by atoms with Crippen LogP contribution in [0.1, 0.15) is 36.1 Å². The van der Waals surface area contributed by atoms with Crippen molar-refractivity contribution in [1.29, 1.82) is 0 Å². The maximum atomic E-state index is 12.5. The minimum Gasteiger partial charge on any atom is -0.487 e. The number of rotatable bonds is 6. The van der Waals surface area contributed by atoms with Gasteiger partial charge in [-0.2, -0.15) is 5.10 Å². The van der Waals surface area contributed by atoms with Crippen LogP contribution in [0.15, 0.2) is 42.6 Å².